The van der Waals surface area contributed by atoms with Gasteiger partial charge in [0.25, 0.3) is 0 Å². The third kappa shape index (κ3) is 5.22. The highest BCUT2D eigenvalue weighted by molar-refractivity contribution is 7.99. The third-order valence-corrected chi connectivity index (χ3v) is 8.88. The van der Waals surface area contributed by atoms with Crippen LogP contribution in [0.3, 0.4) is 0 Å². The van der Waals surface area contributed by atoms with Gasteiger partial charge >= 0.3 is 0 Å². The van der Waals surface area contributed by atoms with Crippen molar-refractivity contribution >= 4 is 45.0 Å². The number of hydrogen-bond donors (Lipinski definition) is 1. The first-order valence-electron chi connectivity index (χ1n) is 10.9. The van der Waals surface area contributed by atoms with E-state index in [2.05, 4.69) is 5.32 Å². The number of rotatable bonds is 6. The zero-order chi connectivity index (χ0) is 24.3. The number of methoxy groups -OCH3 is 1. The summed E-state index contributed by atoms with van der Waals surface area (Å²) < 4.78 is 38.3. The highest BCUT2D eigenvalue weighted by Crippen LogP contribution is 2.38. The number of amides is 2. The maximum atomic E-state index is 13.2. The largest absolute Gasteiger partial charge is 0.497 e. The lowest BCUT2D eigenvalue weighted by molar-refractivity contribution is -0.123. The zero-order valence-electron chi connectivity index (χ0n) is 19.0. The molecule has 2 aromatic rings. The Morgan fingerprint density at radius 2 is 1.97 bits per heavy atom. The van der Waals surface area contributed by atoms with Gasteiger partial charge < -0.3 is 19.7 Å². The molecule has 1 saturated heterocycles. The van der Waals surface area contributed by atoms with Crippen molar-refractivity contribution in [1.29, 1.82) is 0 Å². The SMILES string of the molecule is COc1cccc(NC(=O)CN2C(=O)[C@@H](C)CSc3ccc(S(=O)(=O)N4CCOCC4)cc32)c1. The molecule has 1 N–H and O–H groups in total. The number of ether oxygens (including phenoxy) is 2. The van der Waals surface area contributed by atoms with Gasteiger partial charge in [-0.2, -0.15) is 4.31 Å². The molecule has 0 bridgehead atoms. The predicted octanol–water partition coefficient (Wildman–Crippen LogP) is 2.43. The normalized spacial score (nSPS) is 19.3. The maximum absolute atomic E-state index is 13.2. The minimum atomic E-state index is -3.75. The smallest absolute Gasteiger partial charge is 0.244 e. The second kappa shape index (κ2) is 10.3. The number of nitrogens with zero attached hydrogens (tertiary/aromatic N) is 2. The first-order chi connectivity index (χ1) is 16.3. The lowest BCUT2D eigenvalue weighted by Crippen LogP contribution is -2.42. The van der Waals surface area contributed by atoms with E-state index in [9.17, 15) is 18.0 Å². The van der Waals surface area contributed by atoms with Crippen LogP contribution < -0.4 is 15.0 Å². The number of benzene rings is 2. The van der Waals surface area contributed by atoms with Gasteiger partial charge in [-0.05, 0) is 30.3 Å². The van der Waals surface area contributed by atoms with Crippen LogP contribution in [0.4, 0.5) is 11.4 Å². The van der Waals surface area contributed by atoms with Crippen LogP contribution >= 0.6 is 11.8 Å². The lowest BCUT2D eigenvalue weighted by atomic mass is 10.1. The van der Waals surface area contributed by atoms with Crippen molar-refractivity contribution in [3.05, 3.63) is 42.5 Å². The highest BCUT2D eigenvalue weighted by atomic mass is 32.2. The Kier molecular flexibility index (Phi) is 7.46. The van der Waals surface area contributed by atoms with Gasteiger partial charge in [0.15, 0.2) is 0 Å². The van der Waals surface area contributed by atoms with Crippen molar-refractivity contribution in [3.8, 4) is 5.75 Å². The van der Waals surface area contributed by atoms with Crippen molar-refractivity contribution in [2.75, 3.05) is 55.9 Å². The van der Waals surface area contributed by atoms with Crippen LogP contribution in [0.5, 0.6) is 5.75 Å². The summed E-state index contributed by atoms with van der Waals surface area (Å²) in [6, 6.07) is 11.7. The van der Waals surface area contributed by atoms with Crippen molar-refractivity contribution in [1.82, 2.24) is 4.31 Å². The topological polar surface area (TPSA) is 105 Å². The van der Waals surface area contributed by atoms with Crippen molar-refractivity contribution < 1.29 is 27.5 Å². The number of carbonyl (C=O) groups excluding carboxylic acids is 2. The highest BCUT2D eigenvalue weighted by Gasteiger charge is 2.32. The molecule has 34 heavy (non-hydrogen) atoms. The van der Waals surface area contributed by atoms with Gasteiger partial charge in [-0.3, -0.25) is 9.59 Å². The summed E-state index contributed by atoms with van der Waals surface area (Å²) in [5.41, 5.74) is 0.965. The van der Waals surface area contributed by atoms with Gasteiger partial charge in [0.05, 0.1) is 30.9 Å². The number of thioether (sulfide) groups is 1. The molecule has 2 aromatic carbocycles. The fraction of sp³-hybridized carbons (Fsp3) is 0.391. The van der Waals surface area contributed by atoms with E-state index in [-0.39, 0.29) is 36.4 Å². The first kappa shape index (κ1) is 24.5. The molecule has 1 fully saturated rings. The van der Waals surface area contributed by atoms with Crippen LogP contribution in [0.25, 0.3) is 0 Å². The second-order valence-corrected chi connectivity index (χ2v) is 11.1. The van der Waals surface area contributed by atoms with Crippen molar-refractivity contribution in [2.24, 2.45) is 5.92 Å². The Morgan fingerprint density at radius 1 is 1.21 bits per heavy atom. The molecule has 2 heterocycles. The predicted molar refractivity (Wildman–Crippen MR) is 130 cm³/mol. The molecule has 0 aromatic heterocycles. The average Bonchev–Trinajstić information content (AvgIpc) is 2.96. The van der Waals surface area contributed by atoms with Gasteiger partial charge in [-0.25, -0.2) is 8.42 Å². The molecule has 182 valence electrons. The van der Waals surface area contributed by atoms with Crippen LogP contribution in [0.15, 0.2) is 52.3 Å². The van der Waals surface area contributed by atoms with E-state index in [1.54, 1.807) is 43.3 Å². The fourth-order valence-corrected chi connectivity index (χ4v) is 6.29. The molecule has 2 aliphatic rings. The molecule has 0 radical (unpaired) electrons. The minimum Gasteiger partial charge on any atom is -0.497 e. The lowest BCUT2D eigenvalue weighted by Gasteiger charge is -2.27. The summed E-state index contributed by atoms with van der Waals surface area (Å²) in [6.07, 6.45) is 0. The fourth-order valence-electron chi connectivity index (χ4n) is 3.81. The summed E-state index contributed by atoms with van der Waals surface area (Å²) in [5.74, 6) is 0.175. The Balaban J connectivity index is 1.63. The zero-order valence-corrected chi connectivity index (χ0v) is 20.7. The van der Waals surface area contributed by atoms with Crippen molar-refractivity contribution in [2.45, 2.75) is 16.7 Å². The summed E-state index contributed by atoms with van der Waals surface area (Å²) in [4.78, 5) is 28.3. The molecular weight excluding hydrogens is 478 g/mol. The van der Waals surface area contributed by atoms with Crippen LogP contribution in [-0.2, 0) is 24.3 Å². The van der Waals surface area contributed by atoms with E-state index in [0.717, 1.165) is 4.90 Å². The number of nitrogens with one attached hydrogen (secondary N) is 1. The number of carbonyl (C=O) groups is 2. The van der Waals surface area contributed by atoms with E-state index in [4.69, 9.17) is 9.47 Å². The van der Waals surface area contributed by atoms with Gasteiger partial charge in [0, 0.05) is 41.4 Å². The Morgan fingerprint density at radius 3 is 2.71 bits per heavy atom. The molecule has 1 atom stereocenters. The Hall–Kier alpha value is -2.60. The number of sulfonamides is 1. The summed E-state index contributed by atoms with van der Waals surface area (Å²) in [5, 5.41) is 2.79. The number of hydrogen-bond acceptors (Lipinski definition) is 7. The monoisotopic (exact) mass is 505 g/mol. The second-order valence-electron chi connectivity index (χ2n) is 8.06. The third-order valence-electron chi connectivity index (χ3n) is 5.66. The molecule has 2 aliphatic heterocycles. The van der Waals surface area contributed by atoms with E-state index in [0.29, 0.717) is 36.1 Å². The molecule has 4 rings (SSSR count). The van der Waals surface area contributed by atoms with Gasteiger partial charge in [0.2, 0.25) is 21.8 Å². The summed E-state index contributed by atoms with van der Waals surface area (Å²) in [7, 11) is -2.22. The summed E-state index contributed by atoms with van der Waals surface area (Å²) >= 11 is 1.48. The van der Waals surface area contributed by atoms with Crippen molar-refractivity contribution in [3.63, 3.8) is 0 Å². The molecular formula is C23H27N3O6S2. The van der Waals surface area contributed by atoms with Crippen LogP contribution in [0.2, 0.25) is 0 Å². The molecule has 0 saturated carbocycles. The number of fused-ring (bicyclic) bond motifs is 1. The summed E-state index contributed by atoms with van der Waals surface area (Å²) in [6.45, 7) is 2.79. The van der Waals surface area contributed by atoms with Crippen LogP contribution in [0, 0.1) is 5.92 Å². The number of morpholine rings is 1. The van der Waals surface area contributed by atoms with Gasteiger partial charge in [-0.1, -0.05) is 13.0 Å². The maximum Gasteiger partial charge on any atom is 0.244 e. The Bertz CT molecular complexity index is 1180. The van der Waals surface area contributed by atoms with Crippen LogP contribution in [-0.4, -0.2) is 70.2 Å². The number of anilines is 2. The van der Waals surface area contributed by atoms with E-state index in [1.807, 2.05) is 0 Å². The molecule has 0 aliphatic carbocycles. The average molecular weight is 506 g/mol. The van der Waals surface area contributed by atoms with Gasteiger partial charge in [-0.15, -0.1) is 11.8 Å². The molecule has 2 amide bonds. The van der Waals surface area contributed by atoms with Crippen LogP contribution in [0.1, 0.15) is 6.92 Å². The quantitative estimate of drug-likeness (QED) is 0.643. The molecule has 9 nitrogen and oxygen atoms in total. The molecule has 0 spiro atoms. The first-order valence-corrected chi connectivity index (χ1v) is 13.3. The molecule has 11 heteroatoms. The molecule has 0 unspecified atom stereocenters. The Labute approximate surface area is 203 Å². The standard InChI is InChI=1S/C23H27N3O6S2/c1-16-15-33-21-7-6-19(34(29,30)25-8-10-32-11-9-25)13-20(21)26(23(16)28)14-22(27)24-17-4-3-5-18(12-17)31-2/h3-7,12-13,16H,8-11,14-15H2,1-2H3,(H,24,27)/t16-/m0/s1. The van der Waals surface area contributed by atoms with Gasteiger partial charge in [0.1, 0.15) is 12.3 Å². The van der Waals surface area contributed by atoms with E-state index < -0.39 is 15.9 Å². The van der Waals surface area contributed by atoms with E-state index >= 15 is 0 Å². The minimum absolute atomic E-state index is 0.0920. The van der Waals surface area contributed by atoms with E-state index in [1.165, 1.54) is 34.1 Å².